The SMILES string of the molecule is O=C(NCc1cn[nH]c1)NCc1ccc(C(=O)O)o1. The number of carboxylic acids is 1. The van der Waals surface area contributed by atoms with E-state index in [0.29, 0.717) is 12.3 Å². The summed E-state index contributed by atoms with van der Waals surface area (Å²) in [4.78, 5) is 22.0. The molecule has 0 aliphatic heterocycles. The van der Waals surface area contributed by atoms with Crippen LogP contribution in [0.1, 0.15) is 21.9 Å². The largest absolute Gasteiger partial charge is 0.475 e. The van der Waals surface area contributed by atoms with Gasteiger partial charge in [0.25, 0.3) is 0 Å². The minimum Gasteiger partial charge on any atom is -0.475 e. The van der Waals surface area contributed by atoms with Gasteiger partial charge in [-0.15, -0.1) is 0 Å². The normalized spacial score (nSPS) is 10.1. The number of aromatic nitrogens is 2. The summed E-state index contributed by atoms with van der Waals surface area (Å²) in [6.07, 6.45) is 3.28. The number of hydrogen-bond acceptors (Lipinski definition) is 4. The molecule has 4 N–H and O–H groups in total. The van der Waals surface area contributed by atoms with E-state index >= 15 is 0 Å². The van der Waals surface area contributed by atoms with Gasteiger partial charge in [-0.3, -0.25) is 5.10 Å². The fourth-order valence-electron chi connectivity index (χ4n) is 1.37. The Kier molecular flexibility index (Phi) is 3.81. The highest BCUT2D eigenvalue weighted by atomic mass is 16.4. The Morgan fingerprint density at radius 1 is 1.32 bits per heavy atom. The Balaban J connectivity index is 1.75. The molecule has 2 rings (SSSR count). The Morgan fingerprint density at radius 3 is 2.74 bits per heavy atom. The van der Waals surface area contributed by atoms with Crippen LogP contribution in [-0.2, 0) is 13.1 Å². The maximum atomic E-state index is 11.4. The molecule has 0 bridgehead atoms. The predicted octanol–water partition coefficient (Wildman–Crippen LogP) is 0.700. The average Bonchev–Trinajstić information content (AvgIpc) is 3.05. The van der Waals surface area contributed by atoms with Gasteiger partial charge in [-0.05, 0) is 12.1 Å². The van der Waals surface area contributed by atoms with Crippen molar-refractivity contribution in [3.8, 4) is 0 Å². The summed E-state index contributed by atoms with van der Waals surface area (Å²) in [5, 5.41) is 20.2. The number of aromatic carboxylic acids is 1. The molecular formula is C11H12N4O4. The first-order valence-electron chi connectivity index (χ1n) is 5.46. The zero-order valence-electron chi connectivity index (χ0n) is 9.84. The van der Waals surface area contributed by atoms with Gasteiger partial charge in [0, 0.05) is 18.3 Å². The number of aromatic amines is 1. The van der Waals surface area contributed by atoms with Crippen LogP contribution >= 0.6 is 0 Å². The summed E-state index contributed by atoms with van der Waals surface area (Å²) in [7, 11) is 0. The van der Waals surface area contributed by atoms with E-state index in [9.17, 15) is 9.59 Å². The molecule has 2 amide bonds. The molecule has 100 valence electrons. The van der Waals surface area contributed by atoms with Crippen LogP contribution in [0.15, 0.2) is 28.9 Å². The molecule has 0 radical (unpaired) electrons. The molecule has 2 aromatic heterocycles. The fourth-order valence-corrected chi connectivity index (χ4v) is 1.37. The highest BCUT2D eigenvalue weighted by Gasteiger charge is 2.09. The molecule has 2 heterocycles. The van der Waals surface area contributed by atoms with Crippen LogP contribution < -0.4 is 10.6 Å². The maximum Gasteiger partial charge on any atom is 0.371 e. The first kappa shape index (κ1) is 12.7. The van der Waals surface area contributed by atoms with Gasteiger partial charge in [0.15, 0.2) is 0 Å². The summed E-state index contributed by atoms with van der Waals surface area (Å²) in [6.45, 7) is 0.464. The van der Waals surface area contributed by atoms with E-state index in [1.807, 2.05) is 0 Å². The number of rotatable bonds is 5. The Bertz CT molecular complexity index is 561. The van der Waals surface area contributed by atoms with Crippen LogP contribution in [0.5, 0.6) is 0 Å². The van der Waals surface area contributed by atoms with Crippen molar-refractivity contribution in [1.82, 2.24) is 20.8 Å². The monoisotopic (exact) mass is 264 g/mol. The van der Waals surface area contributed by atoms with Crippen molar-refractivity contribution in [3.05, 3.63) is 41.6 Å². The molecule has 19 heavy (non-hydrogen) atoms. The molecule has 0 aliphatic rings. The second-order valence-electron chi connectivity index (χ2n) is 3.71. The standard InChI is InChI=1S/C11H12N4O4/c16-10(17)9-2-1-8(19-9)6-13-11(18)12-3-7-4-14-15-5-7/h1-2,4-5H,3,6H2,(H,14,15)(H,16,17)(H2,12,13,18). The van der Waals surface area contributed by atoms with Gasteiger partial charge in [-0.25, -0.2) is 9.59 Å². The molecule has 0 saturated carbocycles. The van der Waals surface area contributed by atoms with Crippen LogP contribution in [-0.4, -0.2) is 27.3 Å². The van der Waals surface area contributed by atoms with E-state index in [0.717, 1.165) is 5.56 Å². The van der Waals surface area contributed by atoms with Crippen molar-refractivity contribution in [2.45, 2.75) is 13.1 Å². The number of amides is 2. The minimum absolute atomic E-state index is 0.116. The predicted molar refractivity (Wildman–Crippen MR) is 63.3 cm³/mol. The number of H-pyrrole nitrogens is 1. The number of nitrogens with one attached hydrogen (secondary N) is 3. The van der Waals surface area contributed by atoms with Gasteiger partial charge >= 0.3 is 12.0 Å². The second kappa shape index (κ2) is 5.71. The molecule has 0 atom stereocenters. The van der Waals surface area contributed by atoms with Crippen molar-refractivity contribution >= 4 is 12.0 Å². The van der Waals surface area contributed by atoms with Gasteiger partial charge in [-0.2, -0.15) is 5.10 Å². The highest BCUT2D eigenvalue weighted by Crippen LogP contribution is 2.07. The lowest BCUT2D eigenvalue weighted by molar-refractivity contribution is 0.0660. The van der Waals surface area contributed by atoms with Crippen molar-refractivity contribution in [2.75, 3.05) is 0 Å². The maximum absolute atomic E-state index is 11.4. The van der Waals surface area contributed by atoms with Crippen LogP contribution in [0.3, 0.4) is 0 Å². The summed E-state index contributed by atoms with van der Waals surface area (Å²) < 4.78 is 4.99. The van der Waals surface area contributed by atoms with Crippen LogP contribution in [0, 0.1) is 0 Å². The summed E-state index contributed by atoms with van der Waals surface area (Å²) in [6, 6.07) is 2.46. The van der Waals surface area contributed by atoms with E-state index in [-0.39, 0.29) is 18.3 Å². The number of urea groups is 1. The van der Waals surface area contributed by atoms with E-state index in [1.54, 1.807) is 12.4 Å². The minimum atomic E-state index is -1.14. The first-order valence-corrected chi connectivity index (χ1v) is 5.46. The lowest BCUT2D eigenvalue weighted by atomic mass is 10.4. The third kappa shape index (κ3) is 3.60. The average molecular weight is 264 g/mol. The number of hydrogen-bond donors (Lipinski definition) is 4. The summed E-state index contributed by atoms with van der Waals surface area (Å²) in [5.41, 5.74) is 0.848. The topological polar surface area (TPSA) is 120 Å². The van der Waals surface area contributed by atoms with Gasteiger partial charge in [0.2, 0.25) is 5.76 Å². The highest BCUT2D eigenvalue weighted by molar-refractivity contribution is 5.84. The van der Waals surface area contributed by atoms with Crippen molar-refractivity contribution in [2.24, 2.45) is 0 Å². The van der Waals surface area contributed by atoms with Crippen molar-refractivity contribution < 1.29 is 19.1 Å². The third-order valence-electron chi connectivity index (χ3n) is 2.30. The van der Waals surface area contributed by atoms with Gasteiger partial charge < -0.3 is 20.2 Å². The van der Waals surface area contributed by atoms with E-state index in [2.05, 4.69) is 20.8 Å². The summed E-state index contributed by atoms with van der Waals surface area (Å²) in [5.74, 6) is -0.929. The molecule has 0 fully saturated rings. The first-order chi connectivity index (χ1) is 9.15. The molecule has 2 aromatic rings. The number of carbonyl (C=O) groups is 2. The Morgan fingerprint density at radius 2 is 2.11 bits per heavy atom. The number of carbonyl (C=O) groups excluding carboxylic acids is 1. The third-order valence-corrected chi connectivity index (χ3v) is 2.30. The Labute approximate surface area is 107 Å². The van der Waals surface area contributed by atoms with Gasteiger partial charge in [-0.1, -0.05) is 0 Å². The lowest BCUT2D eigenvalue weighted by Gasteiger charge is -2.04. The Hall–Kier alpha value is -2.77. The number of furan rings is 1. The molecule has 8 nitrogen and oxygen atoms in total. The van der Waals surface area contributed by atoms with Crippen LogP contribution in [0.4, 0.5) is 4.79 Å². The smallest absolute Gasteiger partial charge is 0.371 e. The van der Waals surface area contributed by atoms with Crippen molar-refractivity contribution in [1.29, 1.82) is 0 Å². The zero-order valence-corrected chi connectivity index (χ0v) is 9.84. The summed E-state index contributed by atoms with van der Waals surface area (Å²) >= 11 is 0. The van der Waals surface area contributed by atoms with E-state index in [1.165, 1.54) is 12.1 Å². The molecule has 0 saturated heterocycles. The van der Waals surface area contributed by atoms with Gasteiger partial charge in [0.05, 0.1) is 12.7 Å². The lowest BCUT2D eigenvalue weighted by Crippen LogP contribution is -2.34. The zero-order chi connectivity index (χ0) is 13.7. The second-order valence-corrected chi connectivity index (χ2v) is 3.71. The fraction of sp³-hybridized carbons (Fsp3) is 0.182. The van der Waals surface area contributed by atoms with Crippen LogP contribution in [0.25, 0.3) is 0 Å². The quantitative estimate of drug-likeness (QED) is 0.633. The number of nitrogens with zero attached hydrogens (tertiary/aromatic N) is 1. The molecule has 0 aromatic carbocycles. The molecular weight excluding hydrogens is 252 g/mol. The van der Waals surface area contributed by atoms with Crippen LogP contribution in [0.2, 0.25) is 0 Å². The number of carboxylic acid groups (broad SMARTS) is 1. The molecule has 8 heteroatoms. The van der Waals surface area contributed by atoms with E-state index < -0.39 is 5.97 Å². The van der Waals surface area contributed by atoms with E-state index in [4.69, 9.17) is 9.52 Å². The molecule has 0 aliphatic carbocycles. The van der Waals surface area contributed by atoms with Crippen molar-refractivity contribution in [3.63, 3.8) is 0 Å². The molecule has 0 unspecified atom stereocenters. The van der Waals surface area contributed by atoms with Gasteiger partial charge in [0.1, 0.15) is 5.76 Å². The molecule has 0 spiro atoms.